The van der Waals surface area contributed by atoms with E-state index in [1.807, 2.05) is 82.3 Å². The van der Waals surface area contributed by atoms with Crippen LogP contribution in [0.4, 0.5) is 0 Å². The van der Waals surface area contributed by atoms with Crippen LogP contribution in [-0.4, -0.2) is 11.4 Å². The van der Waals surface area contributed by atoms with E-state index in [1.165, 1.54) is 0 Å². The number of benzene rings is 2. The van der Waals surface area contributed by atoms with Crippen LogP contribution in [-0.2, 0) is 0 Å². The summed E-state index contributed by atoms with van der Waals surface area (Å²) in [5.41, 5.74) is 2.62. The molecule has 0 saturated heterocycles. The molecule has 0 bridgehead atoms. The summed E-state index contributed by atoms with van der Waals surface area (Å²) in [6, 6.07) is 15.3. The second-order valence-corrected chi connectivity index (χ2v) is 6.35. The zero-order valence-corrected chi connectivity index (χ0v) is 13.6. The summed E-state index contributed by atoms with van der Waals surface area (Å²) in [6.07, 6.45) is 3.42. The van der Waals surface area contributed by atoms with E-state index in [2.05, 4.69) is 0 Å². The Balaban J connectivity index is 2.04. The van der Waals surface area contributed by atoms with Gasteiger partial charge >= 0.3 is 0 Å². The normalized spacial score (nSPS) is 11.6. The zero-order valence-electron chi connectivity index (χ0n) is 13.6. The van der Waals surface area contributed by atoms with Gasteiger partial charge in [-0.2, -0.15) is 0 Å². The van der Waals surface area contributed by atoms with E-state index in [-0.39, 0.29) is 11.4 Å². The lowest BCUT2D eigenvalue weighted by atomic mass is 10.1. The van der Waals surface area contributed by atoms with E-state index in [0.29, 0.717) is 5.56 Å². The number of hydrogen-bond acceptors (Lipinski definition) is 2. The van der Waals surface area contributed by atoms with Gasteiger partial charge in [0.2, 0.25) is 0 Å². The van der Waals surface area contributed by atoms with Gasteiger partial charge in [0.05, 0.1) is 0 Å². The van der Waals surface area contributed by atoms with Gasteiger partial charge in [-0.05, 0) is 51.5 Å². The highest BCUT2D eigenvalue weighted by Gasteiger charge is 2.11. The molecule has 0 saturated carbocycles. The molecule has 0 spiro atoms. The Morgan fingerprint density at radius 3 is 2.09 bits per heavy atom. The molecule has 0 aromatic heterocycles. The summed E-state index contributed by atoms with van der Waals surface area (Å²) in [5.74, 6) is 0.838. The highest BCUT2D eigenvalue weighted by Crippen LogP contribution is 2.19. The first-order valence-electron chi connectivity index (χ1n) is 7.42. The molecule has 2 rings (SSSR count). The molecule has 0 unspecified atom stereocenters. The summed E-state index contributed by atoms with van der Waals surface area (Å²) >= 11 is 0. The second-order valence-electron chi connectivity index (χ2n) is 6.35. The van der Waals surface area contributed by atoms with Crippen molar-refractivity contribution in [3.05, 3.63) is 71.3 Å². The fraction of sp³-hybridized carbons (Fsp3) is 0.250. The fourth-order valence-electron chi connectivity index (χ4n) is 1.99. The van der Waals surface area contributed by atoms with Gasteiger partial charge in [0.1, 0.15) is 11.4 Å². The first kappa shape index (κ1) is 16.0. The van der Waals surface area contributed by atoms with E-state index in [4.69, 9.17) is 4.74 Å². The number of carbonyl (C=O) groups excluding carboxylic acids is 1. The maximum Gasteiger partial charge on any atom is 0.185 e. The number of hydrogen-bond donors (Lipinski definition) is 0. The molecule has 0 fully saturated rings. The molecule has 0 N–H and O–H groups in total. The first-order chi connectivity index (χ1) is 10.3. The number of allylic oxidation sites excluding steroid dienone is 1. The van der Waals surface area contributed by atoms with Crippen LogP contribution in [0.3, 0.4) is 0 Å². The van der Waals surface area contributed by atoms with E-state index < -0.39 is 0 Å². The smallest absolute Gasteiger partial charge is 0.185 e. The molecule has 0 heterocycles. The minimum atomic E-state index is -0.210. The molecule has 2 aromatic carbocycles. The lowest BCUT2D eigenvalue weighted by Gasteiger charge is -2.21. The highest BCUT2D eigenvalue weighted by molar-refractivity contribution is 6.06. The highest BCUT2D eigenvalue weighted by atomic mass is 16.5. The van der Waals surface area contributed by atoms with Crippen LogP contribution in [0.25, 0.3) is 6.08 Å². The summed E-state index contributed by atoms with van der Waals surface area (Å²) < 4.78 is 5.77. The number of ether oxygens (including phenoxy) is 1. The Hall–Kier alpha value is -2.35. The Kier molecular flexibility index (Phi) is 4.81. The lowest BCUT2D eigenvalue weighted by molar-refractivity contribution is 0.104. The average molecular weight is 294 g/mol. The fourth-order valence-corrected chi connectivity index (χ4v) is 1.99. The standard InChI is InChI=1S/C20H22O2/c1-15-5-10-17(11-6-15)19(21)14-9-16-7-12-18(13-8-16)22-20(2,3)4/h5-14H,1-4H3/b14-9+. The second kappa shape index (κ2) is 6.61. The van der Waals surface area contributed by atoms with Gasteiger partial charge < -0.3 is 4.74 Å². The zero-order chi connectivity index (χ0) is 16.2. The van der Waals surface area contributed by atoms with E-state index >= 15 is 0 Å². The number of carbonyl (C=O) groups is 1. The molecule has 2 aromatic rings. The molecule has 2 heteroatoms. The van der Waals surface area contributed by atoms with Crippen LogP contribution in [0.5, 0.6) is 5.75 Å². The van der Waals surface area contributed by atoms with E-state index in [1.54, 1.807) is 6.08 Å². The van der Waals surface area contributed by atoms with Crippen molar-refractivity contribution in [3.8, 4) is 5.75 Å². The van der Waals surface area contributed by atoms with Crippen molar-refractivity contribution in [2.75, 3.05) is 0 Å². The van der Waals surface area contributed by atoms with Crippen molar-refractivity contribution in [2.45, 2.75) is 33.3 Å². The summed E-state index contributed by atoms with van der Waals surface area (Å²) in [6.45, 7) is 8.05. The molecule has 114 valence electrons. The van der Waals surface area contributed by atoms with Crippen LogP contribution in [0.2, 0.25) is 0 Å². The Morgan fingerprint density at radius 2 is 1.55 bits per heavy atom. The van der Waals surface area contributed by atoms with Crippen molar-refractivity contribution in [1.82, 2.24) is 0 Å². The largest absolute Gasteiger partial charge is 0.488 e. The van der Waals surface area contributed by atoms with Crippen molar-refractivity contribution in [3.63, 3.8) is 0 Å². The molecule has 0 aliphatic heterocycles. The average Bonchev–Trinajstić information content (AvgIpc) is 2.45. The van der Waals surface area contributed by atoms with Gasteiger partial charge in [0.25, 0.3) is 0 Å². The van der Waals surface area contributed by atoms with Gasteiger partial charge in [-0.1, -0.05) is 48.0 Å². The van der Waals surface area contributed by atoms with Crippen molar-refractivity contribution < 1.29 is 9.53 Å². The minimum absolute atomic E-state index is 0.00928. The van der Waals surface area contributed by atoms with Crippen LogP contribution in [0.15, 0.2) is 54.6 Å². The number of rotatable bonds is 4. The minimum Gasteiger partial charge on any atom is -0.488 e. The third-order valence-corrected chi connectivity index (χ3v) is 3.07. The topological polar surface area (TPSA) is 26.3 Å². The van der Waals surface area contributed by atoms with Crippen LogP contribution >= 0.6 is 0 Å². The maximum absolute atomic E-state index is 12.1. The summed E-state index contributed by atoms with van der Waals surface area (Å²) in [4.78, 5) is 12.1. The van der Waals surface area contributed by atoms with Gasteiger partial charge in [-0.3, -0.25) is 4.79 Å². The van der Waals surface area contributed by atoms with Gasteiger partial charge in [0, 0.05) is 5.56 Å². The molecular formula is C20H22O2. The van der Waals surface area contributed by atoms with Crippen LogP contribution in [0, 0.1) is 6.92 Å². The molecule has 0 atom stereocenters. The van der Waals surface area contributed by atoms with Gasteiger partial charge in [-0.25, -0.2) is 0 Å². The third-order valence-electron chi connectivity index (χ3n) is 3.07. The van der Waals surface area contributed by atoms with Crippen LogP contribution < -0.4 is 4.74 Å². The lowest BCUT2D eigenvalue weighted by Crippen LogP contribution is -2.22. The van der Waals surface area contributed by atoms with Crippen molar-refractivity contribution >= 4 is 11.9 Å². The summed E-state index contributed by atoms with van der Waals surface area (Å²) in [7, 11) is 0. The molecule has 0 aliphatic rings. The third kappa shape index (κ3) is 4.88. The molecule has 0 amide bonds. The maximum atomic E-state index is 12.1. The molecule has 2 nitrogen and oxygen atoms in total. The SMILES string of the molecule is Cc1ccc(C(=O)/C=C/c2ccc(OC(C)(C)C)cc2)cc1. The van der Waals surface area contributed by atoms with E-state index in [9.17, 15) is 4.79 Å². The van der Waals surface area contributed by atoms with Gasteiger partial charge in [-0.15, -0.1) is 0 Å². The Morgan fingerprint density at radius 1 is 0.955 bits per heavy atom. The Labute approximate surface area is 132 Å². The molecule has 22 heavy (non-hydrogen) atoms. The van der Waals surface area contributed by atoms with Crippen LogP contribution in [0.1, 0.15) is 42.3 Å². The molecule has 0 radical (unpaired) electrons. The summed E-state index contributed by atoms with van der Waals surface area (Å²) in [5, 5.41) is 0. The molecular weight excluding hydrogens is 272 g/mol. The van der Waals surface area contributed by atoms with Crippen molar-refractivity contribution in [2.24, 2.45) is 0 Å². The molecule has 0 aliphatic carbocycles. The van der Waals surface area contributed by atoms with Crippen molar-refractivity contribution in [1.29, 1.82) is 0 Å². The predicted octanol–water partition coefficient (Wildman–Crippen LogP) is 5.07. The van der Waals surface area contributed by atoms with Gasteiger partial charge in [0.15, 0.2) is 5.78 Å². The number of ketones is 1. The number of aryl methyl sites for hydroxylation is 1. The van der Waals surface area contributed by atoms with E-state index in [0.717, 1.165) is 16.9 Å². The Bertz CT molecular complexity index is 656. The quantitative estimate of drug-likeness (QED) is 0.581. The predicted molar refractivity (Wildman–Crippen MR) is 91.4 cm³/mol. The first-order valence-corrected chi connectivity index (χ1v) is 7.42. The monoisotopic (exact) mass is 294 g/mol.